The highest BCUT2D eigenvalue weighted by atomic mass is 32.2. The molecule has 3 heterocycles. The zero-order valence-corrected chi connectivity index (χ0v) is 18.8. The summed E-state index contributed by atoms with van der Waals surface area (Å²) in [6.07, 6.45) is 8.93. The van der Waals surface area contributed by atoms with E-state index < -0.39 is 9.84 Å². The highest BCUT2D eigenvalue weighted by Crippen LogP contribution is 2.30. The number of hydrogen-bond acceptors (Lipinski definition) is 5. The van der Waals surface area contributed by atoms with E-state index >= 15 is 0 Å². The molecule has 3 fully saturated rings. The van der Waals surface area contributed by atoms with Crippen LogP contribution in [0.5, 0.6) is 0 Å². The Morgan fingerprint density at radius 3 is 2.65 bits per heavy atom. The molecule has 2 aliphatic heterocycles. The molecule has 1 saturated carbocycles. The molecular formula is C23H32N4O3S. The molecule has 2 atom stereocenters. The summed E-state index contributed by atoms with van der Waals surface area (Å²) in [5.41, 5.74) is 2.13. The first-order valence-corrected chi connectivity index (χ1v) is 13.5. The van der Waals surface area contributed by atoms with Gasteiger partial charge < -0.3 is 9.47 Å². The van der Waals surface area contributed by atoms with Gasteiger partial charge in [-0.3, -0.25) is 9.69 Å². The van der Waals surface area contributed by atoms with Crippen LogP contribution >= 0.6 is 0 Å². The first kappa shape index (κ1) is 20.9. The lowest BCUT2D eigenvalue weighted by Gasteiger charge is -2.36. The molecule has 7 nitrogen and oxygen atoms in total. The molecule has 168 valence electrons. The van der Waals surface area contributed by atoms with E-state index in [1.165, 1.54) is 0 Å². The molecule has 2 saturated heterocycles. The number of hydrogen-bond donors (Lipinski definition) is 0. The summed E-state index contributed by atoms with van der Waals surface area (Å²) in [5.74, 6) is 0.477. The number of carbonyl (C=O) groups excluding carboxylic acids is 1. The summed E-state index contributed by atoms with van der Waals surface area (Å²) in [4.78, 5) is 22.3. The number of imidazole rings is 1. The van der Waals surface area contributed by atoms with Crippen molar-refractivity contribution in [3.05, 3.63) is 30.6 Å². The van der Waals surface area contributed by atoms with Gasteiger partial charge in [-0.25, -0.2) is 13.4 Å². The van der Waals surface area contributed by atoms with Crippen molar-refractivity contribution >= 4 is 26.8 Å². The Kier molecular flexibility index (Phi) is 5.77. The number of sulfone groups is 1. The third-order valence-electron chi connectivity index (χ3n) is 7.38. The van der Waals surface area contributed by atoms with Gasteiger partial charge in [0.2, 0.25) is 5.91 Å². The Morgan fingerprint density at radius 2 is 1.87 bits per heavy atom. The number of nitrogens with zero attached hydrogens (tertiary/aromatic N) is 4. The second-order valence-electron chi connectivity index (χ2n) is 9.45. The molecule has 5 rings (SSSR count). The van der Waals surface area contributed by atoms with Gasteiger partial charge >= 0.3 is 0 Å². The third kappa shape index (κ3) is 4.37. The van der Waals surface area contributed by atoms with Gasteiger partial charge in [0, 0.05) is 24.7 Å². The zero-order chi connectivity index (χ0) is 21.4. The van der Waals surface area contributed by atoms with E-state index in [9.17, 15) is 13.2 Å². The molecule has 2 aromatic rings. The minimum absolute atomic E-state index is 0.122. The number of rotatable bonds is 6. The standard InChI is InChI=1S/C23H32N4O3S/c28-23(27(18-6-1-2-7-18)20-11-13-31(29,30)16-20)15-25-12-5-8-19(25)14-26-17-24-21-9-3-4-10-22(21)26/h3-4,9-10,17-20H,1-2,5-8,11-16H2/t19-,20-/m1/s1. The summed E-state index contributed by atoms with van der Waals surface area (Å²) in [5, 5.41) is 0. The van der Waals surface area contributed by atoms with Gasteiger partial charge in [0.25, 0.3) is 0 Å². The molecule has 1 aliphatic carbocycles. The first-order chi connectivity index (χ1) is 15.0. The SMILES string of the molecule is O=C(CN1CCC[C@@H]1Cn1cnc2ccccc21)N(C1CCCC1)[C@@H]1CCS(=O)(=O)C1. The zero-order valence-electron chi connectivity index (χ0n) is 18.0. The van der Waals surface area contributed by atoms with Gasteiger partial charge in [-0.2, -0.15) is 0 Å². The van der Waals surface area contributed by atoms with Crippen LogP contribution in [0.4, 0.5) is 0 Å². The Labute approximate surface area is 184 Å². The molecular weight excluding hydrogens is 412 g/mol. The molecule has 3 aliphatic rings. The van der Waals surface area contributed by atoms with Crippen molar-refractivity contribution in [1.29, 1.82) is 0 Å². The van der Waals surface area contributed by atoms with E-state index in [1.807, 2.05) is 29.4 Å². The lowest BCUT2D eigenvalue weighted by molar-refractivity contribution is -0.137. The molecule has 0 bridgehead atoms. The number of para-hydroxylation sites is 2. The van der Waals surface area contributed by atoms with Gasteiger partial charge in [-0.05, 0) is 50.8 Å². The predicted molar refractivity (Wildman–Crippen MR) is 120 cm³/mol. The number of amides is 1. The highest BCUT2D eigenvalue weighted by Gasteiger charge is 2.40. The van der Waals surface area contributed by atoms with Crippen molar-refractivity contribution < 1.29 is 13.2 Å². The number of fused-ring (bicyclic) bond motifs is 1. The summed E-state index contributed by atoms with van der Waals surface area (Å²) in [6, 6.07) is 8.53. The topological polar surface area (TPSA) is 75.5 Å². The average Bonchev–Trinajstić information content (AvgIpc) is 3.53. The molecule has 0 N–H and O–H groups in total. The smallest absolute Gasteiger partial charge is 0.237 e. The monoisotopic (exact) mass is 444 g/mol. The number of carbonyl (C=O) groups is 1. The number of benzene rings is 1. The van der Waals surface area contributed by atoms with Crippen molar-refractivity contribution in [2.75, 3.05) is 24.6 Å². The van der Waals surface area contributed by atoms with Gasteiger partial charge in [-0.1, -0.05) is 25.0 Å². The van der Waals surface area contributed by atoms with Crippen molar-refractivity contribution in [3.8, 4) is 0 Å². The van der Waals surface area contributed by atoms with Crippen molar-refractivity contribution in [2.24, 2.45) is 0 Å². The van der Waals surface area contributed by atoms with Crippen molar-refractivity contribution in [3.63, 3.8) is 0 Å². The van der Waals surface area contributed by atoms with Crippen LogP contribution in [0.3, 0.4) is 0 Å². The van der Waals surface area contributed by atoms with Gasteiger partial charge in [0.15, 0.2) is 9.84 Å². The number of likely N-dealkylation sites (tertiary alicyclic amines) is 1. The van der Waals surface area contributed by atoms with Crippen LogP contribution in [-0.2, 0) is 21.2 Å². The first-order valence-electron chi connectivity index (χ1n) is 11.7. The van der Waals surface area contributed by atoms with E-state index in [1.54, 1.807) is 0 Å². The van der Waals surface area contributed by atoms with E-state index in [-0.39, 0.29) is 29.5 Å². The fourth-order valence-electron chi connectivity index (χ4n) is 5.83. The average molecular weight is 445 g/mol. The van der Waals surface area contributed by atoms with Gasteiger partial charge in [0.05, 0.1) is 35.4 Å². The van der Waals surface area contributed by atoms with Crippen LogP contribution < -0.4 is 0 Å². The Bertz CT molecular complexity index is 1040. The van der Waals surface area contributed by atoms with Crippen LogP contribution in [0.25, 0.3) is 11.0 Å². The second kappa shape index (κ2) is 8.54. The quantitative estimate of drug-likeness (QED) is 0.684. The largest absolute Gasteiger partial charge is 0.335 e. The summed E-state index contributed by atoms with van der Waals surface area (Å²) in [6.45, 7) is 2.14. The maximum absolute atomic E-state index is 13.5. The molecule has 0 spiro atoms. The molecule has 0 unspecified atom stereocenters. The molecule has 0 radical (unpaired) electrons. The van der Waals surface area contributed by atoms with Crippen LogP contribution in [0, 0.1) is 0 Å². The minimum Gasteiger partial charge on any atom is -0.335 e. The van der Waals surface area contributed by atoms with Crippen LogP contribution in [-0.4, -0.2) is 76.4 Å². The van der Waals surface area contributed by atoms with Gasteiger partial charge in [0.1, 0.15) is 0 Å². The molecule has 1 amide bonds. The van der Waals surface area contributed by atoms with Crippen molar-refractivity contribution in [2.45, 2.75) is 69.6 Å². The van der Waals surface area contributed by atoms with Crippen molar-refractivity contribution in [1.82, 2.24) is 19.4 Å². The lowest BCUT2D eigenvalue weighted by Crippen LogP contribution is -2.51. The van der Waals surface area contributed by atoms with Gasteiger partial charge in [-0.15, -0.1) is 0 Å². The van der Waals surface area contributed by atoms with Crippen LogP contribution in [0.1, 0.15) is 44.9 Å². The summed E-state index contributed by atoms with van der Waals surface area (Å²) < 4.78 is 26.4. The van der Waals surface area contributed by atoms with E-state index in [4.69, 9.17) is 0 Å². The Morgan fingerprint density at radius 1 is 1.06 bits per heavy atom. The van der Waals surface area contributed by atoms with E-state index in [0.29, 0.717) is 19.0 Å². The van der Waals surface area contributed by atoms with E-state index in [2.05, 4.69) is 20.5 Å². The highest BCUT2D eigenvalue weighted by molar-refractivity contribution is 7.91. The van der Waals surface area contributed by atoms with Crippen LogP contribution in [0.2, 0.25) is 0 Å². The summed E-state index contributed by atoms with van der Waals surface area (Å²) in [7, 11) is -3.01. The fourth-order valence-corrected chi connectivity index (χ4v) is 7.54. The number of aromatic nitrogens is 2. The fraction of sp³-hybridized carbons (Fsp3) is 0.652. The normalized spacial score (nSPS) is 26.7. The predicted octanol–water partition coefficient (Wildman–Crippen LogP) is 2.46. The summed E-state index contributed by atoms with van der Waals surface area (Å²) >= 11 is 0. The third-order valence-corrected chi connectivity index (χ3v) is 9.13. The molecule has 1 aromatic heterocycles. The van der Waals surface area contributed by atoms with E-state index in [0.717, 1.165) is 62.6 Å². The minimum atomic E-state index is -3.01. The molecule has 1 aromatic carbocycles. The maximum Gasteiger partial charge on any atom is 0.237 e. The molecule has 31 heavy (non-hydrogen) atoms. The maximum atomic E-state index is 13.5. The van der Waals surface area contributed by atoms with Crippen LogP contribution in [0.15, 0.2) is 30.6 Å². The Balaban J connectivity index is 1.30. The Hall–Kier alpha value is -1.93. The second-order valence-corrected chi connectivity index (χ2v) is 11.7. The lowest BCUT2D eigenvalue weighted by atomic mass is 10.1. The molecule has 8 heteroatoms.